The molecule has 0 spiro atoms. The summed E-state index contributed by atoms with van der Waals surface area (Å²) >= 11 is 4.96. The van der Waals surface area contributed by atoms with Gasteiger partial charge >= 0.3 is 0 Å². The fraction of sp³-hybridized carbons (Fsp3) is 0.600. The first kappa shape index (κ1) is 7.63. The number of carbonyl (C=O) groups excluding carboxylic acids is 2. The van der Waals surface area contributed by atoms with Gasteiger partial charge in [-0.1, -0.05) is 0 Å². The third-order valence-electron chi connectivity index (χ3n) is 0.695. The quantitative estimate of drug-likeness (QED) is 0.328. The second-order valence-corrected chi connectivity index (χ2v) is 1.84. The molecule has 0 radical (unpaired) electrons. The average molecular weight is 135 g/mol. The van der Waals surface area contributed by atoms with Gasteiger partial charge in [0.15, 0.2) is 0 Å². The van der Waals surface area contributed by atoms with E-state index in [9.17, 15) is 9.59 Å². The Morgan fingerprint density at radius 2 is 2.25 bits per heavy atom. The van der Waals surface area contributed by atoms with Crippen LogP contribution in [0.3, 0.4) is 0 Å². The van der Waals surface area contributed by atoms with Gasteiger partial charge in [0, 0.05) is 12.8 Å². The molecule has 0 unspecified atom stereocenters. The lowest BCUT2D eigenvalue weighted by molar-refractivity contribution is -0.112. The summed E-state index contributed by atoms with van der Waals surface area (Å²) in [6.45, 7) is 0. The maximum atomic E-state index is 9.97. The molecule has 2 nitrogen and oxygen atoms in total. The molecule has 0 atom stereocenters. The zero-order valence-electron chi connectivity index (χ0n) is 4.39. The molecule has 0 heterocycles. The highest BCUT2D eigenvalue weighted by atomic mass is 35.5. The smallest absolute Gasteiger partial charge is 0.221 e. The molecule has 8 heavy (non-hydrogen) atoms. The molecular formula is C5H7ClO2. The molecule has 0 aromatic carbocycles. The van der Waals surface area contributed by atoms with Gasteiger partial charge in [0.05, 0.1) is 0 Å². The first-order valence-electron chi connectivity index (χ1n) is 2.39. The second-order valence-electron chi connectivity index (χ2n) is 1.41. The van der Waals surface area contributed by atoms with E-state index in [0.717, 1.165) is 6.29 Å². The van der Waals surface area contributed by atoms with Crippen molar-refractivity contribution in [3.63, 3.8) is 0 Å². The van der Waals surface area contributed by atoms with Crippen molar-refractivity contribution in [2.75, 3.05) is 0 Å². The van der Waals surface area contributed by atoms with Gasteiger partial charge in [-0.15, -0.1) is 0 Å². The van der Waals surface area contributed by atoms with Crippen LogP contribution in [0, 0.1) is 0 Å². The topological polar surface area (TPSA) is 34.1 Å². The Labute approximate surface area is 52.8 Å². The molecule has 0 aliphatic rings. The van der Waals surface area contributed by atoms with Crippen molar-refractivity contribution in [1.29, 1.82) is 0 Å². The summed E-state index contributed by atoms with van der Waals surface area (Å²) in [4.78, 5) is 19.6. The Morgan fingerprint density at radius 3 is 2.62 bits per heavy atom. The van der Waals surface area contributed by atoms with Gasteiger partial charge in [-0.2, -0.15) is 0 Å². The number of halogens is 1. The van der Waals surface area contributed by atoms with Crippen LogP contribution < -0.4 is 0 Å². The van der Waals surface area contributed by atoms with E-state index >= 15 is 0 Å². The highest BCUT2D eigenvalue weighted by molar-refractivity contribution is 6.63. The van der Waals surface area contributed by atoms with Crippen molar-refractivity contribution in [2.24, 2.45) is 0 Å². The van der Waals surface area contributed by atoms with Crippen LogP contribution in [0.2, 0.25) is 0 Å². The van der Waals surface area contributed by atoms with E-state index in [2.05, 4.69) is 0 Å². The summed E-state index contributed by atoms with van der Waals surface area (Å²) in [5, 5.41) is -0.369. The first-order valence-corrected chi connectivity index (χ1v) is 2.77. The molecule has 0 aromatic heterocycles. The lowest BCUT2D eigenvalue weighted by atomic mass is 10.3. The monoisotopic (exact) mass is 134 g/mol. The Bertz CT molecular complexity index is 90.4. The largest absolute Gasteiger partial charge is 0.303 e. The Morgan fingerprint density at radius 1 is 1.62 bits per heavy atom. The molecule has 0 aliphatic heterocycles. The first-order chi connectivity index (χ1) is 3.77. The van der Waals surface area contributed by atoms with Crippen LogP contribution in [-0.4, -0.2) is 11.5 Å². The van der Waals surface area contributed by atoms with Crippen molar-refractivity contribution in [1.82, 2.24) is 0 Å². The highest BCUT2D eigenvalue weighted by Gasteiger charge is 1.92. The minimum Gasteiger partial charge on any atom is -0.303 e. The highest BCUT2D eigenvalue weighted by Crippen LogP contribution is 1.95. The molecule has 0 aromatic rings. The number of aldehydes is 1. The Hall–Kier alpha value is -0.370. The third-order valence-corrected chi connectivity index (χ3v) is 0.884. The van der Waals surface area contributed by atoms with Gasteiger partial charge in [-0.05, 0) is 18.0 Å². The number of carbonyl (C=O) groups is 2. The summed E-state index contributed by atoms with van der Waals surface area (Å²) in [5.41, 5.74) is 0. The number of rotatable bonds is 4. The molecule has 0 bridgehead atoms. The Balaban J connectivity index is 2.93. The van der Waals surface area contributed by atoms with Crippen molar-refractivity contribution in [3.05, 3.63) is 0 Å². The van der Waals surface area contributed by atoms with Crippen molar-refractivity contribution < 1.29 is 9.59 Å². The summed E-state index contributed by atoms with van der Waals surface area (Å²) < 4.78 is 0. The minimum atomic E-state index is -0.369. The lowest BCUT2D eigenvalue weighted by Gasteiger charge is -1.84. The van der Waals surface area contributed by atoms with E-state index in [4.69, 9.17) is 11.6 Å². The van der Waals surface area contributed by atoms with Crippen LogP contribution in [0.1, 0.15) is 19.3 Å². The average Bonchev–Trinajstić information content (AvgIpc) is 1.66. The zero-order chi connectivity index (χ0) is 6.41. The molecule has 0 rings (SSSR count). The summed E-state index contributed by atoms with van der Waals surface area (Å²) in [6, 6.07) is 0. The summed E-state index contributed by atoms with van der Waals surface area (Å²) in [7, 11) is 0. The molecule has 0 fully saturated rings. The molecular weight excluding hydrogens is 128 g/mol. The fourth-order valence-corrected chi connectivity index (χ4v) is 0.458. The van der Waals surface area contributed by atoms with Crippen LogP contribution in [0.4, 0.5) is 0 Å². The van der Waals surface area contributed by atoms with Crippen LogP contribution >= 0.6 is 11.6 Å². The number of unbranched alkanes of at least 4 members (excludes halogenated alkanes) is 1. The minimum absolute atomic E-state index is 0.306. The van der Waals surface area contributed by atoms with Crippen molar-refractivity contribution in [3.8, 4) is 0 Å². The summed E-state index contributed by atoms with van der Waals surface area (Å²) in [6.07, 6.45) is 2.09. The maximum Gasteiger partial charge on any atom is 0.221 e. The SMILES string of the molecule is O=CCCCC(=O)Cl. The fourth-order valence-electron chi connectivity index (χ4n) is 0.324. The number of hydrogen-bond acceptors (Lipinski definition) is 2. The van der Waals surface area contributed by atoms with E-state index in [1.54, 1.807) is 0 Å². The van der Waals surface area contributed by atoms with E-state index in [1.807, 2.05) is 0 Å². The van der Waals surface area contributed by atoms with Gasteiger partial charge in [0.25, 0.3) is 0 Å². The van der Waals surface area contributed by atoms with Gasteiger partial charge in [0.1, 0.15) is 6.29 Å². The summed E-state index contributed by atoms with van der Waals surface area (Å²) in [5.74, 6) is 0. The van der Waals surface area contributed by atoms with Crippen LogP contribution in [-0.2, 0) is 9.59 Å². The van der Waals surface area contributed by atoms with Gasteiger partial charge in [-0.25, -0.2) is 0 Å². The predicted octanol–water partition coefficient (Wildman–Crippen LogP) is 1.12. The zero-order valence-corrected chi connectivity index (χ0v) is 5.15. The van der Waals surface area contributed by atoms with Crippen LogP contribution in [0.25, 0.3) is 0 Å². The Kier molecular flexibility index (Phi) is 4.56. The second kappa shape index (κ2) is 4.78. The molecule has 0 aliphatic carbocycles. The normalized spacial score (nSPS) is 8.62. The molecule has 0 saturated carbocycles. The van der Waals surface area contributed by atoms with Gasteiger partial charge in [-0.3, -0.25) is 4.79 Å². The van der Waals surface area contributed by atoms with Gasteiger partial charge < -0.3 is 4.79 Å². The van der Waals surface area contributed by atoms with Crippen molar-refractivity contribution in [2.45, 2.75) is 19.3 Å². The van der Waals surface area contributed by atoms with E-state index in [0.29, 0.717) is 19.3 Å². The van der Waals surface area contributed by atoms with E-state index in [-0.39, 0.29) is 5.24 Å². The lowest BCUT2D eigenvalue weighted by Crippen LogP contribution is -1.85. The van der Waals surface area contributed by atoms with Crippen LogP contribution in [0.15, 0.2) is 0 Å². The van der Waals surface area contributed by atoms with Gasteiger partial charge in [0.2, 0.25) is 5.24 Å². The maximum absolute atomic E-state index is 9.97. The molecule has 46 valence electrons. The molecule has 0 N–H and O–H groups in total. The molecule has 0 amide bonds. The van der Waals surface area contributed by atoms with Crippen LogP contribution in [0.5, 0.6) is 0 Å². The molecule has 0 saturated heterocycles. The van der Waals surface area contributed by atoms with E-state index < -0.39 is 0 Å². The third kappa shape index (κ3) is 5.63. The van der Waals surface area contributed by atoms with E-state index in [1.165, 1.54) is 0 Å². The van der Waals surface area contributed by atoms with Crippen molar-refractivity contribution >= 4 is 23.1 Å². The standard InChI is InChI=1S/C5H7ClO2/c6-5(8)3-1-2-4-7/h4H,1-3H2. The molecule has 3 heteroatoms. The number of hydrogen-bond donors (Lipinski definition) is 0. The predicted molar refractivity (Wildman–Crippen MR) is 30.8 cm³/mol.